The number of benzene rings is 2. The first-order chi connectivity index (χ1) is 19.6. The summed E-state index contributed by atoms with van der Waals surface area (Å²) in [6.45, 7) is 2.39. The van der Waals surface area contributed by atoms with Crippen LogP contribution in [-0.4, -0.2) is 61.0 Å². The van der Waals surface area contributed by atoms with Gasteiger partial charge in [0.2, 0.25) is 5.91 Å². The fourth-order valence-corrected chi connectivity index (χ4v) is 4.72. The number of aliphatic hydroxyl groups is 1. The number of aryl methyl sites for hydroxylation is 2. The van der Waals surface area contributed by atoms with Gasteiger partial charge in [0.25, 0.3) is 5.92 Å². The molecule has 0 radical (unpaired) electrons. The van der Waals surface area contributed by atoms with Crippen LogP contribution in [0.3, 0.4) is 0 Å². The number of fused-ring (bicyclic) bond motifs is 1. The Labute approximate surface area is 239 Å². The maximum atomic E-state index is 14.1. The molecular formula is C30H40F2N4O5. The summed E-state index contributed by atoms with van der Waals surface area (Å²) in [5.74, 6) is -1.15. The third-order valence-corrected chi connectivity index (χ3v) is 7.09. The van der Waals surface area contributed by atoms with Crippen molar-refractivity contribution in [2.75, 3.05) is 40.3 Å². The Kier molecular flexibility index (Phi) is 11.2. The molecule has 2 N–H and O–H groups in total. The van der Waals surface area contributed by atoms with Gasteiger partial charge in [-0.25, -0.2) is 15.0 Å². The Morgan fingerprint density at radius 1 is 1.10 bits per heavy atom. The number of methoxy groups -OCH3 is 2. The lowest BCUT2D eigenvalue weighted by atomic mass is 9.99. The van der Waals surface area contributed by atoms with Gasteiger partial charge in [-0.1, -0.05) is 31.0 Å². The number of rotatable bonds is 15. The number of carbonyl (C=O) groups is 1. The molecule has 0 bridgehead atoms. The summed E-state index contributed by atoms with van der Waals surface area (Å²) >= 11 is 0. The van der Waals surface area contributed by atoms with Gasteiger partial charge < -0.3 is 19.9 Å². The predicted octanol–water partition coefficient (Wildman–Crippen LogP) is 5.73. The van der Waals surface area contributed by atoms with E-state index in [0.29, 0.717) is 41.5 Å². The van der Waals surface area contributed by atoms with Gasteiger partial charge in [0, 0.05) is 36.0 Å². The lowest BCUT2D eigenvalue weighted by molar-refractivity contribution is -0.168. The fourth-order valence-electron chi connectivity index (χ4n) is 4.72. The maximum absolute atomic E-state index is 14.1. The van der Waals surface area contributed by atoms with Crippen LogP contribution >= 0.6 is 0 Å². The number of nitrogens with one attached hydrogen (secondary N) is 1. The minimum atomic E-state index is -3.33. The van der Waals surface area contributed by atoms with Crippen molar-refractivity contribution in [2.24, 2.45) is 0 Å². The standard InChI is InChI=1S/C30H40F2N4O5/c1-19(21-12-11-13-22(16-21)30(31,32)18-37)33-29-24-17-25(39-4)28(40-5)23(27(24)34-20(2)35-29)14-9-7-8-10-15-26(38)36(3)41-6/h11-13,16-17,19,37H,7-10,14-15,18H2,1-6H3,(H,33,34,35)/t19-/m1/s1. The van der Waals surface area contributed by atoms with Crippen LogP contribution in [0.25, 0.3) is 10.9 Å². The molecule has 224 valence electrons. The Morgan fingerprint density at radius 3 is 2.49 bits per heavy atom. The van der Waals surface area contributed by atoms with E-state index in [9.17, 15) is 13.6 Å². The topological polar surface area (TPSA) is 106 Å². The summed E-state index contributed by atoms with van der Waals surface area (Å²) < 4.78 is 39.7. The zero-order valence-corrected chi connectivity index (χ0v) is 24.6. The molecular weight excluding hydrogens is 534 g/mol. The van der Waals surface area contributed by atoms with Crippen molar-refractivity contribution in [1.82, 2.24) is 15.0 Å². The number of carbonyl (C=O) groups excluding carboxylic acids is 1. The van der Waals surface area contributed by atoms with Gasteiger partial charge >= 0.3 is 0 Å². The number of anilines is 1. The molecule has 0 unspecified atom stereocenters. The highest BCUT2D eigenvalue weighted by Crippen LogP contribution is 2.40. The third kappa shape index (κ3) is 7.80. The summed E-state index contributed by atoms with van der Waals surface area (Å²) in [6.07, 6.45) is 4.51. The Balaban J connectivity index is 1.87. The number of alkyl halides is 2. The van der Waals surface area contributed by atoms with Gasteiger partial charge in [-0.05, 0) is 50.8 Å². The summed E-state index contributed by atoms with van der Waals surface area (Å²) in [4.78, 5) is 26.2. The molecule has 1 atom stereocenters. The second-order valence-corrected chi connectivity index (χ2v) is 9.95. The number of aromatic nitrogens is 2. The zero-order chi connectivity index (χ0) is 30.2. The van der Waals surface area contributed by atoms with Gasteiger partial charge in [0.15, 0.2) is 11.5 Å². The number of unbranched alkanes of at least 4 members (excludes halogenated alkanes) is 3. The van der Waals surface area contributed by atoms with Gasteiger partial charge in [-0.15, -0.1) is 0 Å². The van der Waals surface area contributed by atoms with E-state index < -0.39 is 12.5 Å². The van der Waals surface area contributed by atoms with E-state index in [4.69, 9.17) is 24.4 Å². The Morgan fingerprint density at radius 2 is 1.83 bits per heavy atom. The number of hydrogen-bond acceptors (Lipinski definition) is 8. The number of aliphatic hydroxyl groups excluding tert-OH is 1. The lowest BCUT2D eigenvalue weighted by Crippen LogP contribution is -2.24. The molecule has 0 saturated heterocycles. The van der Waals surface area contributed by atoms with Crippen molar-refractivity contribution in [3.8, 4) is 11.5 Å². The number of hydroxylamine groups is 2. The van der Waals surface area contributed by atoms with Crippen LogP contribution in [0.5, 0.6) is 11.5 Å². The fraction of sp³-hybridized carbons (Fsp3) is 0.500. The van der Waals surface area contributed by atoms with Gasteiger partial charge in [-0.3, -0.25) is 9.63 Å². The molecule has 0 aliphatic rings. The highest BCUT2D eigenvalue weighted by molar-refractivity contribution is 5.94. The minimum Gasteiger partial charge on any atom is -0.493 e. The average molecular weight is 575 g/mol. The average Bonchev–Trinajstić information content (AvgIpc) is 2.97. The number of nitrogens with zero attached hydrogens (tertiary/aromatic N) is 3. The van der Waals surface area contributed by atoms with E-state index in [0.717, 1.165) is 42.1 Å². The molecule has 0 saturated carbocycles. The van der Waals surface area contributed by atoms with Gasteiger partial charge in [-0.2, -0.15) is 8.78 Å². The molecule has 1 aromatic heterocycles. The van der Waals surface area contributed by atoms with Crippen molar-refractivity contribution in [3.05, 3.63) is 52.8 Å². The smallest absolute Gasteiger partial charge is 0.295 e. The predicted molar refractivity (Wildman–Crippen MR) is 153 cm³/mol. The highest BCUT2D eigenvalue weighted by Gasteiger charge is 2.31. The lowest BCUT2D eigenvalue weighted by Gasteiger charge is -2.21. The molecule has 11 heteroatoms. The monoisotopic (exact) mass is 574 g/mol. The Bertz CT molecular complexity index is 1340. The second-order valence-electron chi connectivity index (χ2n) is 9.95. The van der Waals surface area contributed by atoms with Crippen molar-refractivity contribution in [3.63, 3.8) is 0 Å². The first kappa shape index (κ1) is 32.0. The number of ether oxygens (including phenoxy) is 2. The molecule has 3 rings (SSSR count). The Hall–Kier alpha value is -3.57. The molecule has 0 aliphatic carbocycles. The highest BCUT2D eigenvalue weighted by atomic mass is 19.3. The molecule has 0 spiro atoms. The molecule has 9 nitrogen and oxygen atoms in total. The molecule has 1 amide bonds. The first-order valence-corrected chi connectivity index (χ1v) is 13.6. The first-order valence-electron chi connectivity index (χ1n) is 13.6. The van der Waals surface area contributed by atoms with Crippen LogP contribution in [-0.2, 0) is 22.0 Å². The summed E-state index contributed by atoms with van der Waals surface area (Å²) in [5, 5.41) is 14.4. The van der Waals surface area contributed by atoms with Crippen molar-refractivity contribution >= 4 is 22.6 Å². The van der Waals surface area contributed by atoms with Crippen molar-refractivity contribution in [2.45, 2.75) is 64.3 Å². The third-order valence-electron chi connectivity index (χ3n) is 7.09. The molecule has 41 heavy (non-hydrogen) atoms. The summed E-state index contributed by atoms with van der Waals surface area (Å²) in [6, 6.07) is 7.43. The normalized spacial score (nSPS) is 12.3. The SMILES string of the molecule is COc1cc2c(N[C@H](C)c3cccc(C(F)(F)CO)c3)nc(C)nc2c(CCCCCCC(=O)N(C)OC)c1OC. The van der Waals surface area contributed by atoms with Crippen LogP contribution in [0.1, 0.15) is 67.6 Å². The summed E-state index contributed by atoms with van der Waals surface area (Å²) in [7, 11) is 6.23. The van der Waals surface area contributed by atoms with Crippen molar-refractivity contribution < 1.29 is 33.0 Å². The second kappa shape index (κ2) is 14.4. The quantitative estimate of drug-likeness (QED) is 0.175. The van der Waals surface area contributed by atoms with Crippen LogP contribution in [0.4, 0.5) is 14.6 Å². The van der Waals surface area contributed by atoms with Crippen LogP contribution in [0, 0.1) is 6.92 Å². The van der Waals surface area contributed by atoms with E-state index in [1.54, 1.807) is 40.3 Å². The molecule has 3 aromatic rings. The number of halogens is 2. The largest absolute Gasteiger partial charge is 0.493 e. The van der Waals surface area contributed by atoms with Crippen molar-refractivity contribution in [1.29, 1.82) is 0 Å². The molecule has 0 aliphatic heterocycles. The number of amides is 1. The number of hydrogen-bond donors (Lipinski definition) is 2. The van der Waals surface area contributed by atoms with E-state index in [1.165, 1.54) is 24.3 Å². The summed E-state index contributed by atoms with van der Waals surface area (Å²) in [5.41, 5.74) is 1.99. The van der Waals surface area contributed by atoms with Gasteiger partial charge in [0.05, 0.1) is 26.8 Å². The van der Waals surface area contributed by atoms with E-state index >= 15 is 0 Å². The van der Waals surface area contributed by atoms with E-state index in [2.05, 4.69) is 10.3 Å². The maximum Gasteiger partial charge on any atom is 0.295 e. The van der Waals surface area contributed by atoms with E-state index in [1.807, 2.05) is 13.0 Å². The molecule has 2 aromatic carbocycles. The zero-order valence-electron chi connectivity index (χ0n) is 24.6. The van der Waals surface area contributed by atoms with Crippen LogP contribution in [0.2, 0.25) is 0 Å². The minimum absolute atomic E-state index is 0.0526. The van der Waals surface area contributed by atoms with Gasteiger partial charge in [0.1, 0.15) is 18.2 Å². The van der Waals surface area contributed by atoms with E-state index in [-0.39, 0.29) is 17.5 Å². The van der Waals surface area contributed by atoms with Crippen LogP contribution in [0.15, 0.2) is 30.3 Å². The molecule has 0 fully saturated rings. The molecule has 1 heterocycles. The van der Waals surface area contributed by atoms with Crippen LogP contribution < -0.4 is 14.8 Å².